The first-order valence-electron chi connectivity index (χ1n) is 7.66. The molecule has 0 saturated heterocycles. The van der Waals surface area contributed by atoms with E-state index in [1.807, 2.05) is 18.2 Å². The van der Waals surface area contributed by atoms with E-state index >= 15 is 0 Å². The molecule has 0 aliphatic heterocycles. The van der Waals surface area contributed by atoms with Crippen LogP contribution in [0.4, 0.5) is 0 Å². The summed E-state index contributed by atoms with van der Waals surface area (Å²) in [6, 6.07) is 5.81. The van der Waals surface area contributed by atoms with E-state index in [1.54, 1.807) is 7.11 Å². The second-order valence-electron chi connectivity index (χ2n) is 4.91. The maximum atomic E-state index is 8.79. The van der Waals surface area contributed by atoms with Crippen molar-refractivity contribution in [3.05, 3.63) is 29.3 Å². The molecule has 0 amide bonds. The molecule has 21 heavy (non-hydrogen) atoms. The molecule has 0 aromatic heterocycles. The van der Waals surface area contributed by atoms with E-state index in [0.717, 1.165) is 29.9 Å². The molecule has 0 radical (unpaired) electrons. The quantitative estimate of drug-likeness (QED) is 0.558. The number of aliphatic hydroxyl groups is 1. The molecule has 1 rings (SSSR count). The Morgan fingerprint density at radius 3 is 2.76 bits per heavy atom. The van der Waals surface area contributed by atoms with Crippen LogP contribution in [0.15, 0.2) is 18.2 Å². The highest BCUT2D eigenvalue weighted by molar-refractivity contribution is 5.45. The molecule has 0 aliphatic carbocycles. The van der Waals surface area contributed by atoms with E-state index in [-0.39, 0.29) is 6.61 Å². The summed E-state index contributed by atoms with van der Waals surface area (Å²) < 4.78 is 11.0. The summed E-state index contributed by atoms with van der Waals surface area (Å²) in [5.41, 5.74) is 1.98. The highest BCUT2D eigenvalue weighted by Gasteiger charge is 2.03. The Balaban J connectivity index is 2.58. The zero-order chi connectivity index (χ0) is 15.3. The van der Waals surface area contributed by atoms with Crippen molar-refractivity contribution in [1.82, 2.24) is 0 Å². The first kappa shape index (κ1) is 17.6. The molecule has 3 heteroatoms. The average molecular weight is 290 g/mol. The minimum Gasteiger partial charge on any atom is -0.497 e. The monoisotopic (exact) mass is 290 g/mol. The van der Waals surface area contributed by atoms with Crippen molar-refractivity contribution in [3.63, 3.8) is 0 Å². The molecule has 0 atom stereocenters. The normalized spacial score (nSPS) is 10.0. The number of unbranched alkanes of at least 4 members (excludes halogenated alkanes) is 3. The van der Waals surface area contributed by atoms with Gasteiger partial charge in [0, 0.05) is 18.6 Å². The molecule has 1 N–H and O–H groups in total. The van der Waals surface area contributed by atoms with Gasteiger partial charge in [0.05, 0.1) is 20.3 Å². The Labute approximate surface area is 128 Å². The first-order valence-corrected chi connectivity index (χ1v) is 7.66. The van der Waals surface area contributed by atoms with Gasteiger partial charge >= 0.3 is 0 Å². The SMILES string of the molecule is CCCCCCOCc1cc(OC)ccc1C#CCCO. The highest BCUT2D eigenvalue weighted by Crippen LogP contribution is 2.18. The van der Waals surface area contributed by atoms with Crippen molar-refractivity contribution in [2.24, 2.45) is 0 Å². The second-order valence-corrected chi connectivity index (χ2v) is 4.91. The Hall–Kier alpha value is -1.50. The third-order valence-corrected chi connectivity index (χ3v) is 3.17. The van der Waals surface area contributed by atoms with Crippen LogP contribution in [-0.2, 0) is 11.3 Å². The maximum absolute atomic E-state index is 8.79. The molecule has 3 nitrogen and oxygen atoms in total. The van der Waals surface area contributed by atoms with Gasteiger partial charge in [-0.25, -0.2) is 0 Å². The number of hydrogen-bond acceptors (Lipinski definition) is 3. The number of aliphatic hydroxyl groups excluding tert-OH is 1. The van der Waals surface area contributed by atoms with Gasteiger partial charge in [-0.2, -0.15) is 0 Å². The van der Waals surface area contributed by atoms with Crippen LogP contribution in [0.5, 0.6) is 5.75 Å². The molecular weight excluding hydrogens is 264 g/mol. The zero-order valence-electron chi connectivity index (χ0n) is 13.2. The lowest BCUT2D eigenvalue weighted by Crippen LogP contribution is -1.99. The molecule has 0 heterocycles. The van der Waals surface area contributed by atoms with E-state index in [1.165, 1.54) is 19.3 Å². The van der Waals surface area contributed by atoms with Gasteiger partial charge in [-0.05, 0) is 30.2 Å². The van der Waals surface area contributed by atoms with Gasteiger partial charge in [-0.15, -0.1) is 0 Å². The fraction of sp³-hybridized carbons (Fsp3) is 0.556. The van der Waals surface area contributed by atoms with Crippen LogP contribution in [0.25, 0.3) is 0 Å². The Kier molecular flexibility index (Phi) is 9.35. The summed E-state index contributed by atoms with van der Waals surface area (Å²) in [7, 11) is 1.65. The standard InChI is InChI=1S/C18H26O3/c1-3-4-5-8-13-21-15-17-14-18(20-2)11-10-16(17)9-6-7-12-19/h10-11,14,19H,3-5,7-8,12-13,15H2,1-2H3. The summed E-state index contributed by atoms with van der Waals surface area (Å²) >= 11 is 0. The van der Waals surface area contributed by atoms with E-state index in [4.69, 9.17) is 14.6 Å². The molecule has 0 saturated carbocycles. The molecule has 0 unspecified atom stereocenters. The first-order chi connectivity index (χ1) is 10.3. The molecule has 0 spiro atoms. The van der Waals surface area contributed by atoms with Crippen LogP contribution in [0.2, 0.25) is 0 Å². The largest absolute Gasteiger partial charge is 0.497 e. The summed E-state index contributed by atoms with van der Waals surface area (Å²) in [6.07, 6.45) is 5.31. The lowest BCUT2D eigenvalue weighted by atomic mass is 10.1. The molecule has 1 aromatic carbocycles. The van der Waals surface area contributed by atoms with Crippen LogP contribution in [0.3, 0.4) is 0 Å². The Morgan fingerprint density at radius 1 is 1.19 bits per heavy atom. The van der Waals surface area contributed by atoms with Crippen molar-refractivity contribution in [1.29, 1.82) is 0 Å². The lowest BCUT2D eigenvalue weighted by molar-refractivity contribution is 0.116. The minimum absolute atomic E-state index is 0.0897. The van der Waals surface area contributed by atoms with Crippen molar-refractivity contribution in [2.45, 2.75) is 45.6 Å². The van der Waals surface area contributed by atoms with Crippen LogP contribution in [0, 0.1) is 11.8 Å². The van der Waals surface area contributed by atoms with E-state index in [9.17, 15) is 0 Å². The van der Waals surface area contributed by atoms with Crippen molar-refractivity contribution >= 4 is 0 Å². The van der Waals surface area contributed by atoms with Crippen LogP contribution in [0.1, 0.15) is 50.2 Å². The number of rotatable bonds is 9. The minimum atomic E-state index is 0.0897. The zero-order valence-corrected chi connectivity index (χ0v) is 13.2. The summed E-state index contributed by atoms with van der Waals surface area (Å²) in [6.45, 7) is 3.62. The molecule has 0 fully saturated rings. The average Bonchev–Trinajstić information content (AvgIpc) is 2.52. The predicted molar refractivity (Wildman–Crippen MR) is 85.4 cm³/mol. The topological polar surface area (TPSA) is 38.7 Å². The van der Waals surface area contributed by atoms with Gasteiger partial charge in [0.25, 0.3) is 0 Å². The second kappa shape index (κ2) is 11.2. The summed E-state index contributed by atoms with van der Waals surface area (Å²) in [5.74, 6) is 6.84. The van der Waals surface area contributed by atoms with Gasteiger partial charge < -0.3 is 14.6 Å². The fourth-order valence-electron chi connectivity index (χ4n) is 1.97. The van der Waals surface area contributed by atoms with E-state index < -0.39 is 0 Å². The third kappa shape index (κ3) is 7.17. The fourth-order valence-corrected chi connectivity index (χ4v) is 1.97. The maximum Gasteiger partial charge on any atom is 0.119 e. The van der Waals surface area contributed by atoms with Gasteiger partial charge in [0.15, 0.2) is 0 Å². The molecule has 1 aromatic rings. The van der Waals surface area contributed by atoms with Gasteiger partial charge in [0.2, 0.25) is 0 Å². The number of hydrogen-bond donors (Lipinski definition) is 1. The number of methoxy groups -OCH3 is 1. The molecule has 0 aliphatic rings. The number of benzene rings is 1. The lowest BCUT2D eigenvalue weighted by Gasteiger charge is -2.09. The molecule has 0 bridgehead atoms. The van der Waals surface area contributed by atoms with Crippen molar-refractivity contribution in [2.75, 3.05) is 20.3 Å². The van der Waals surface area contributed by atoms with Crippen LogP contribution in [-0.4, -0.2) is 25.4 Å². The Bertz CT molecular complexity index is 457. The van der Waals surface area contributed by atoms with E-state index in [0.29, 0.717) is 13.0 Å². The van der Waals surface area contributed by atoms with Gasteiger partial charge in [0.1, 0.15) is 5.75 Å². The van der Waals surface area contributed by atoms with Gasteiger partial charge in [-0.3, -0.25) is 0 Å². The Morgan fingerprint density at radius 2 is 2.05 bits per heavy atom. The smallest absolute Gasteiger partial charge is 0.119 e. The number of ether oxygens (including phenoxy) is 2. The van der Waals surface area contributed by atoms with Crippen LogP contribution >= 0.6 is 0 Å². The van der Waals surface area contributed by atoms with Crippen molar-refractivity contribution in [3.8, 4) is 17.6 Å². The molecule has 116 valence electrons. The predicted octanol–water partition coefficient (Wildman–Crippen LogP) is 3.53. The van der Waals surface area contributed by atoms with E-state index in [2.05, 4.69) is 18.8 Å². The highest BCUT2D eigenvalue weighted by atomic mass is 16.5. The summed E-state index contributed by atoms with van der Waals surface area (Å²) in [4.78, 5) is 0. The van der Waals surface area contributed by atoms with Crippen LogP contribution < -0.4 is 4.74 Å². The van der Waals surface area contributed by atoms with Crippen molar-refractivity contribution < 1.29 is 14.6 Å². The third-order valence-electron chi connectivity index (χ3n) is 3.17. The summed E-state index contributed by atoms with van der Waals surface area (Å²) in [5, 5.41) is 8.79. The van der Waals surface area contributed by atoms with Gasteiger partial charge in [-0.1, -0.05) is 38.0 Å². The molecular formula is C18H26O3.